The number of nitrogens with one attached hydrogen (secondary N) is 2. The number of benzene rings is 1. The zero-order valence-corrected chi connectivity index (χ0v) is 13.4. The van der Waals surface area contributed by atoms with Crippen molar-refractivity contribution in [2.45, 2.75) is 6.92 Å². The molecular formula is C16H16N4O4. The molecule has 2 heterocycles. The summed E-state index contributed by atoms with van der Waals surface area (Å²) in [5.74, 6) is 2.07. The van der Waals surface area contributed by atoms with Gasteiger partial charge in [0.1, 0.15) is 22.8 Å². The second kappa shape index (κ2) is 6.45. The van der Waals surface area contributed by atoms with Gasteiger partial charge in [-0.15, -0.1) is 0 Å². The molecule has 0 spiro atoms. The van der Waals surface area contributed by atoms with Crippen LogP contribution in [0.3, 0.4) is 0 Å². The minimum Gasteiger partial charge on any atom is -0.497 e. The molecule has 0 bridgehead atoms. The van der Waals surface area contributed by atoms with Gasteiger partial charge in [-0.1, -0.05) is 0 Å². The second-order valence-electron chi connectivity index (χ2n) is 4.96. The fourth-order valence-electron chi connectivity index (χ4n) is 2.25. The Morgan fingerprint density at radius 3 is 2.46 bits per heavy atom. The number of rotatable bonds is 5. The zero-order chi connectivity index (χ0) is 17.1. The lowest BCUT2D eigenvalue weighted by Crippen LogP contribution is -2.05. The van der Waals surface area contributed by atoms with E-state index in [-0.39, 0.29) is 5.56 Å². The van der Waals surface area contributed by atoms with Gasteiger partial charge in [-0.25, -0.2) is 9.97 Å². The van der Waals surface area contributed by atoms with E-state index >= 15 is 0 Å². The summed E-state index contributed by atoms with van der Waals surface area (Å²) in [5, 5.41) is 5.36. The van der Waals surface area contributed by atoms with Crippen LogP contribution in [0.15, 0.2) is 39.8 Å². The SMILES string of the molecule is COc1cc(Nc2nccc(-c3c(C)o[nH]c3=O)n2)cc(OC)c1. The van der Waals surface area contributed by atoms with Gasteiger partial charge < -0.3 is 19.3 Å². The first-order chi connectivity index (χ1) is 11.6. The van der Waals surface area contributed by atoms with Crippen LogP contribution in [-0.4, -0.2) is 29.3 Å². The topological polar surface area (TPSA) is 102 Å². The number of aromatic amines is 1. The minimum absolute atomic E-state index is 0.333. The first-order valence-corrected chi connectivity index (χ1v) is 7.12. The van der Waals surface area contributed by atoms with E-state index in [1.165, 1.54) is 0 Å². The van der Waals surface area contributed by atoms with Crippen molar-refractivity contribution in [2.24, 2.45) is 0 Å². The van der Waals surface area contributed by atoms with Gasteiger partial charge in [-0.3, -0.25) is 4.79 Å². The van der Waals surface area contributed by atoms with Crippen molar-refractivity contribution in [3.8, 4) is 22.8 Å². The summed E-state index contributed by atoms with van der Waals surface area (Å²) >= 11 is 0. The molecule has 0 radical (unpaired) electrons. The molecule has 3 rings (SSSR count). The lowest BCUT2D eigenvalue weighted by molar-refractivity contribution is 0.392. The highest BCUT2D eigenvalue weighted by Gasteiger charge is 2.13. The maximum atomic E-state index is 11.8. The van der Waals surface area contributed by atoms with Gasteiger partial charge >= 0.3 is 0 Å². The Morgan fingerprint density at radius 1 is 1.17 bits per heavy atom. The fourth-order valence-corrected chi connectivity index (χ4v) is 2.25. The highest BCUT2D eigenvalue weighted by Crippen LogP contribution is 2.27. The van der Waals surface area contributed by atoms with Crippen molar-refractivity contribution in [1.82, 2.24) is 15.1 Å². The van der Waals surface area contributed by atoms with Crippen LogP contribution in [-0.2, 0) is 0 Å². The van der Waals surface area contributed by atoms with Crippen LogP contribution in [0.1, 0.15) is 5.76 Å². The third-order valence-electron chi connectivity index (χ3n) is 3.40. The normalized spacial score (nSPS) is 10.5. The van der Waals surface area contributed by atoms with Crippen LogP contribution >= 0.6 is 0 Å². The first kappa shape index (κ1) is 15.6. The Morgan fingerprint density at radius 2 is 1.88 bits per heavy atom. The minimum atomic E-state index is -0.333. The average molecular weight is 328 g/mol. The van der Waals surface area contributed by atoms with Gasteiger partial charge in [0, 0.05) is 30.1 Å². The highest BCUT2D eigenvalue weighted by atomic mass is 16.5. The first-order valence-electron chi connectivity index (χ1n) is 7.12. The highest BCUT2D eigenvalue weighted by molar-refractivity contribution is 5.64. The molecule has 0 fully saturated rings. The molecule has 0 aliphatic heterocycles. The van der Waals surface area contributed by atoms with E-state index in [1.807, 2.05) is 0 Å². The van der Waals surface area contributed by atoms with Crippen LogP contribution < -0.4 is 20.3 Å². The lowest BCUT2D eigenvalue weighted by Gasteiger charge is -2.10. The van der Waals surface area contributed by atoms with Crippen molar-refractivity contribution >= 4 is 11.6 Å². The summed E-state index contributed by atoms with van der Waals surface area (Å²) in [6.45, 7) is 1.69. The van der Waals surface area contributed by atoms with E-state index in [9.17, 15) is 4.79 Å². The van der Waals surface area contributed by atoms with E-state index in [4.69, 9.17) is 14.0 Å². The fraction of sp³-hybridized carbons (Fsp3) is 0.188. The lowest BCUT2D eigenvalue weighted by atomic mass is 10.2. The van der Waals surface area contributed by atoms with Gasteiger partial charge in [0.15, 0.2) is 0 Å². The van der Waals surface area contributed by atoms with Gasteiger partial charge in [0.2, 0.25) is 5.95 Å². The molecule has 0 aliphatic rings. The van der Waals surface area contributed by atoms with Gasteiger partial charge in [-0.2, -0.15) is 5.16 Å². The molecule has 124 valence electrons. The van der Waals surface area contributed by atoms with Crippen LogP contribution in [0.5, 0.6) is 11.5 Å². The maximum Gasteiger partial charge on any atom is 0.289 e. The molecule has 0 atom stereocenters. The van der Waals surface area contributed by atoms with Gasteiger partial charge in [0.05, 0.1) is 19.9 Å². The molecule has 0 amide bonds. The monoisotopic (exact) mass is 328 g/mol. The third kappa shape index (κ3) is 3.07. The van der Waals surface area contributed by atoms with E-state index in [1.54, 1.807) is 51.6 Å². The molecule has 2 N–H and O–H groups in total. The molecule has 0 unspecified atom stereocenters. The molecule has 0 saturated carbocycles. The zero-order valence-electron chi connectivity index (χ0n) is 13.4. The number of H-pyrrole nitrogens is 1. The van der Waals surface area contributed by atoms with Crippen LogP contribution in [0.25, 0.3) is 11.3 Å². The summed E-state index contributed by atoms with van der Waals surface area (Å²) < 4.78 is 15.5. The number of methoxy groups -OCH3 is 2. The van der Waals surface area contributed by atoms with E-state index in [0.29, 0.717) is 40.2 Å². The Bertz CT molecular complexity index is 894. The number of anilines is 2. The smallest absolute Gasteiger partial charge is 0.289 e. The van der Waals surface area contributed by atoms with Crippen molar-refractivity contribution in [3.05, 3.63) is 46.6 Å². The third-order valence-corrected chi connectivity index (χ3v) is 3.40. The molecule has 1 aromatic carbocycles. The maximum absolute atomic E-state index is 11.8. The Hall–Kier alpha value is -3.29. The van der Waals surface area contributed by atoms with Gasteiger partial charge in [-0.05, 0) is 13.0 Å². The Labute approximate surface area is 137 Å². The second-order valence-corrected chi connectivity index (χ2v) is 4.96. The molecule has 2 aromatic heterocycles. The summed E-state index contributed by atoms with van der Waals surface area (Å²) in [4.78, 5) is 20.3. The predicted molar refractivity (Wildman–Crippen MR) is 87.9 cm³/mol. The quantitative estimate of drug-likeness (QED) is 0.741. The van der Waals surface area contributed by atoms with Crippen LogP contribution in [0.2, 0.25) is 0 Å². The summed E-state index contributed by atoms with van der Waals surface area (Å²) in [6, 6.07) is 6.98. The summed E-state index contributed by atoms with van der Waals surface area (Å²) in [6.07, 6.45) is 1.56. The number of hydrogen-bond donors (Lipinski definition) is 2. The molecule has 3 aromatic rings. The molecule has 8 heteroatoms. The Balaban J connectivity index is 1.95. The number of aromatic nitrogens is 3. The number of ether oxygens (including phenoxy) is 2. The average Bonchev–Trinajstić information content (AvgIpc) is 2.93. The summed E-state index contributed by atoms with van der Waals surface area (Å²) in [5.41, 5.74) is 1.21. The van der Waals surface area contributed by atoms with Gasteiger partial charge in [0.25, 0.3) is 5.56 Å². The van der Waals surface area contributed by atoms with E-state index < -0.39 is 0 Å². The molecule has 8 nitrogen and oxygen atoms in total. The van der Waals surface area contributed by atoms with E-state index in [0.717, 1.165) is 0 Å². The molecule has 0 aliphatic carbocycles. The largest absolute Gasteiger partial charge is 0.497 e. The summed E-state index contributed by atoms with van der Waals surface area (Å²) in [7, 11) is 3.15. The Kier molecular flexibility index (Phi) is 4.19. The number of aryl methyl sites for hydroxylation is 1. The molecule has 24 heavy (non-hydrogen) atoms. The molecular weight excluding hydrogens is 312 g/mol. The van der Waals surface area contributed by atoms with Crippen molar-refractivity contribution in [2.75, 3.05) is 19.5 Å². The van der Waals surface area contributed by atoms with Crippen LogP contribution in [0.4, 0.5) is 11.6 Å². The molecule has 0 saturated heterocycles. The predicted octanol–water partition coefficient (Wildman–Crippen LogP) is 2.49. The van der Waals surface area contributed by atoms with Crippen molar-refractivity contribution < 1.29 is 14.0 Å². The number of nitrogens with zero attached hydrogens (tertiary/aromatic N) is 2. The van der Waals surface area contributed by atoms with E-state index in [2.05, 4.69) is 20.4 Å². The van der Waals surface area contributed by atoms with Crippen molar-refractivity contribution in [3.63, 3.8) is 0 Å². The van der Waals surface area contributed by atoms with Crippen molar-refractivity contribution in [1.29, 1.82) is 0 Å². The van der Waals surface area contributed by atoms with Crippen LogP contribution in [0, 0.1) is 6.92 Å². The standard InChI is InChI=1S/C16H16N4O4/c1-9-14(15(21)20-24-9)13-4-5-17-16(19-13)18-10-6-11(22-2)8-12(7-10)23-3/h4-8H,1-3H3,(H,20,21)(H,17,18,19). The number of hydrogen-bond acceptors (Lipinski definition) is 7.